The molecule has 4 nitrogen and oxygen atoms in total. The fraction of sp³-hybridized carbons (Fsp3) is 0.500. The third kappa shape index (κ3) is 2.82. The van der Waals surface area contributed by atoms with E-state index < -0.39 is 0 Å². The monoisotopic (exact) mass is 247 g/mol. The number of nitrogens with zero attached hydrogens (tertiary/aromatic N) is 1. The average Bonchev–Trinajstić information content (AvgIpc) is 2.37. The maximum Gasteiger partial charge on any atom is 0.253 e. The van der Waals surface area contributed by atoms with Crippen molar-refractivity contribution in [2.45, 2.75) is 26.7 Å². The van der Waals surface area contributed by atoms with Crippen LogP contribution < -0.4 is 11.3 Å². The van der Waals surface area contributed by atoms with Gasteiger partial charge >= 0.3 is 0 Å². The third-order valence-corrected chi connectivity index (χ3v) is 3.49. The lowest BCUT2D eigenvalue weighted by Crippen LogP contribution is -2.43. The molecule has 3 N–H and O–H groups in total. The first-order valence-corrected chi connectivity index (χ1v) is 6.38. The van der Waals surface area contributed by atoms with Gasteiger partial charge in [0.15, 0.2) is 0 Å². The molecule has 0 atom stereocenters. The van der Waals surface area contributed by atoms with Gasteiger partial charge in [-0.1, -0.05) is 13.8 Å². The summed E-state index contributed by atoms with van der Waals surface area (Å²) in [4.78, 5) is 14.3. The Balaban J connectivity index is 2.10. The first kappa shape index (κ1) is 12.9. The van der Waals surface area contributed by atoms with Gasteiger partial charge in [0.2, 0.25) is 0 Å². The van der Waals surface area contributed by atoms with Gasteiger partial charge in [0.1, 0.15) is 0 Å². The van der Waals surface area contributed by atoms with E-state index in [1.54, 1.807) is 0 Å². The third-order valence-electron chi connectivity index (χ3n) is 3.49. The topological polar surface area (TPSA) is 58.4 Å². The van der Waals surface area contributed by atoms with Crippen molar-refractivity contribution >= 4 is 11.6 Å². The van der Waals surface area contributed by atoms with Crippen LogP contribution in [0.1, 0.15) is 37.0 Å². The summed E-state index contributed by atoms with van der Waals surface area (Å²) in [7, 11) is 0. The van der Waals surface area contributed by atoms with E-state index in [0.29, 0.717) is 0 Å². The second-order valence-corrected chi connectivity index (χ2v) is 5.72. The first-order chi connectivity index (χ1) is 8.52. The van der Waals surface area contributed by atoms with Crippen LogP contribution in [0.5, 0.6) is 0 Å². The van der Waals surface area contributed by atoms with Crippen LogP contribution in [0.15, 0.2) is 24.3 Å². The molecule has 0 aromatic heterocycles. The summed E-state index contributed by atoms with van der Waals surface area (Å²) < 4.78 is 0. The zero-order valence-corrected chi connectivity index (χ0v) is 11.1. The van der Waals surface area contributed by atoms with Crippen molar-refractivity contribution in [1.82, 2.24) is 4.90 Å². The van der Waals surface area contributed by atoms with Crippen LogP contribution in [-0.2, 0) is 0 Å². The molecule has 1 aliphatic heterocycles. The highest BCUT2D eigenvalue weighted by atomic mass is 16.2. The van der Waals surface area contributed by atoms with Crippen molar-refractivity contribution in [3.8, 4) is 0 Å². The number of carbonyl (C=O) groups is 1. The van der Waals surface area contributed by atoms with Gasteiger partial charge in [0, 0.05) is 24.3 Å². The molecular formula is C14H21N3O. The zero-order valence-electron chi connectivity index (χ0n) is 11.1. The van der Waals surface area contributed by atoms with Crippen molar-refractivity contribution in [3.05, 3.63) is 29.8 Å². The second-order valence-electron chi connectivity index (χ2n) is 5.72. The van der Waals surface area contributed by atoms with Gasteiger partial charge < -0.3 is 10.3 Å². The Hall–Kier alpha value is -1.55. The molecule has 1 heterocycles. The second kappa shape index (κ2) is 4.98. The minimum Gasteiger partial charge on any atom is -0.338 e. The molecule has 2 rings (SSSR count). The lowest BCUT2D eigenvalue weighted by atomic mass is 9.84. The van der Waals surface area contributed by atoms with Crippen molar-refractivity contribution in [2.24, 2.45) is 11.3 Å². The van der Waals surface area contributed by atoms with Gasteiger partial charge in [-0.2, -0.15) is 0 Å². The molecule has 4 heteroatoms. The van der Waals surface area contributed by atoms with E-state index in [-0.39, 0.29) is 11.3 Å². The summed E-state index contributed by atoms with van der Waals surface area (Å²) in [5.74, 6) is 5.43. The highest BCUT2D eigenvalue weighted by molar-refractivity contribution is 5.94. The fourth-order valence-corrected chi connectivity index (χ4v) is 2.49. The predicted octanol–water partition coefficient (Wildman–Crippen LogP) is 2.23. The smallest absolute Gasteiger partial charge is 0.253 e. The predicted molar refractivity (Wildman–Crippen MR) is 73.2 cm³/mol. The molecular weight excluding hydrogens is 226 g/mol. The molecule has 1 amide bonds. The Kier molecular flexibility index (Phi) is 3.57. The van der Waals surface area contributed by atoms with E-state index >= 15 is 0 Å². The molecule has 0 unspecified atom stereocenters. The number of anilines is 1. The van der Waals surface area contributed by atoms with Gasteiger partial charge in [0.05, 0.1) is 0 Å². The molecule has 0 bridgehead atoms. The Morgan fingerprint density at radius 1 is 1.33 bits per heavy atom. The first-order valence-electron chi connectivity index (χ1n) is 6.38. The van der Waals surface area contributed by atoms with Gasteiger partial charge in [0.25, 0.3) is 5.91 Å². The number of hydrogen-bond acceptors (Lipinski definition) is 3. The Labute approximate surface area is 108 Å². The van der Waals surface area contributed by atoms with Gasteiger partial charge in [-0.3, -0.25) is 10.6 Å². The van der Waals surface area contributed by atoms with Gasteiger partial charge in [-0.25, -0.2) is 0 Å². The number of nitrogen functional groups attached to an aromatic ring is 1. The lowest BCUT2D eigenvalue weighted by molar-refractivity contribution is 0.0583. The van der Waals surface area contributed by atoms with Crippen LogP contribution in [0.4, 0.5) is 5.69 Å². The molecule has 0 aliphatic carbocycles. The molecule has 98 valence electrons. The standard InChI is InChI=1S/C14H21N3O/c1-14(2)8-3-9-17(10-14)13(18)11-4-6-12(16-15)7-5-11/h4-7,16H,3,8-10,15H2,1-2H3. The Morgan fingerprint density at radius 3 is 2.56 bits per heavy atom. The Bertz CT molecular complexity index is 425. The van der Waals surface area contributed by atoms with Crippen molar-refractivity contribution < 1.29 is 4.79 Å². The number of hydrazine groups is 1. The van der Waals surface area contributed by atoms with Gasteiger partial charge in [-0.05, 0) is 42.5 Å². The normalized spacial score (nSPS) is 18.5. The van der Waals surface area contributed by atoms with Crippen molar-refractivity contribution in [2.75, 3.05) is 18.5 Å². The summed E-state index contributed by atoms with van der Waals surface area (Å²) in [6, 6.07) is 7.28. The molecule has 0 saturated carbocycles. The fourth-order valence-electron chi connectivity index (χ4n) is 2.49. The van der Waals surface area contributed by atoms with E-state index in [1.165, 1.54) is 6.42 Å². The van der Waals surface area contributed by atoms with Gasteiger partial charge in [-0.15, -0.1) is 0 Å². The molecule has 18 heavy (non-hydrogen) atoms. The molecule has 1 aliphatic rings. The zero-order chi connectivity index (χ0) is 13.2. The minimum absolute atomic E-state index is 0.117. The van der Waals surface area contributed by atoms with E-state index in [4.69, 9.17) is 5.84 Å². The Morgan fingerprint density at radius 2 is 2.00 bits per heavy atom. The number of hydrogen-bond donors (Lipinski definition) is 2. The molecule has 1 aromatic carbocycles. The van der Waals surface area contributed by atoms with E-state index in [2.05, 4.69) is 19.3 Å². The summed E-state index contributed by atoms with van der Waals surface area (Å²) in [6.45, 7) is 6.13. The maximum absolute atomic E-state index is 12.4. The molecule has 0 radical (unpaired) electrons. The molecule has 0 spiro atoms. The van der Waals surface area contributed by atoms with E-state index in [1.807, 2.05) is 29.2 Å². The van der Waals surface area contributed by atoms with Crippen LogP contribution in [-0.4, -0.2) is 23.9 Å². The summed E-state index contributed by atoms with van der Waals surface area (Å²) in [5, 5.41) is 0. The van der Waals surface area contributed by atoms with Crippen molar-refractivity contribution in [3.63, 3.8) is 0 Å². The van der Waals surface area contributed by atoms with Crippen LogP contribution in [0.3, 0.4) is 0 Å². The number of benzene rings is 1. The quantitative estimate of drug-likeness (QED) is 0.622. The SMILES string of the molecule is CC1(C)CCCN(C(=O)c2ccc(NN)cc2)C1. The number of nitrogens with two attached hydrogens (primary N) is 1. The number of nitrogens with one attached hydrogen (secondary N) is 1. The summed E-state index contributed by atoms with van der Waals surface area (Å²) in [6.07, 6.45) is 2.27. The van der Waals surface area contributed by atoms with Crippen molar-refractivity contribution in [1.29, 1.82) is 0 Å². The lowest BCUT2D eigenvalue weighted by Gasteiger charge is -2.38. The number of rotatable bonds is 2. The number of likely N-dealkylation sites (tertiary alicyclic amines) is 1. The van der Waals surface area contributed by atoms with Crippen LogP contribution in [0.2, 0.25) is 0 Å². The minimum atomic E-state index is 0.117. The number of amides is 1. The maximum atomic E-state index is 12.4. The molecule has 1 saturated heterocycles. The largest absolute Gasteiger partial charge is 0.338 e. The molecule has 1 aromatic rings. The summed E-state index contributed by atoms with van der Waals surface area (Å²) in [5.41, 5.74) is 4.33. The van der Waals surface area contributed by atoms with E-state index in [0.717, 1.165) is 30.8 Å². The van der Waals surface area contributed by atoms with E-state index in [9.17, 15) is 4.79 Å². The van der Waals surface area contributed by atoms with Crippen LogP contribution in [0.25, 0.3) is 0 Å². The number of piperidine rings is 1. The highest BCUT2D eigenvalue weighted by Crippen LogP contribution is 2.29. The molecule has 1 fully saturated rings. The van der Waals surface area contributed by atoms with Crippen LogP contribution >= 0.6 is 0 Å². The average molecular weight is 247 g/mol. The summed E-state index contributed by atoms with van der Waals surface area (Å²) >= 11 is 0. The van der Waals surface area contributed by atoms with Crippen LogP contribution in [0, 0.1) is 5.41 Å². The number of carbonyl (C=O) groups excluding carboxylic acids is 1. The highest BCUT2D eigenvalue weighted by Gasteiger charge is 2.29.